The van der Waals surface area contributed by atoms with Gasteiger partial charge in [0.05, 0.1) is 12.6 Å². The van der Waals surface area contributed by atoms with Crippen molar-refractivity contribution < 1.29 is 9.53 Å². The van der Waals surface area contributed by atoms with E-state index in [2.05, 4.69) is 10.3 Å². The molecule has 4 rings (SSSR count). The number of benzene rings is 1. The predicted molar refractivity (Wildman–Crippen MR) is 87.7 cm³/mol. The maximum absolute atomic E-state index is 12.5. The van der Waals surface area contributed by atoms with Crippen molar-refractivity contribution in [1.29, 1.82) is 0 Å². The van der Waals surface area contributed by atoms with Crippen molar-refractivity contribution in [3.63, 3.8) is 0 Å². The molecule has 0 radical (unpaired) electrons. The number of nitrogens with one attached hydrogen (secondary N) is 1. The Balaban J connectivity index is 1.88. The fraction of sp³-hybridized carbons (Fsp3) is 0.222. The Hall–Kier alpha value is -2.82. The predicted octanol–water partition coefficient (Wildman–Crippen LogP) is 2.90. The molecule has 1 amide bonds. The second-order valence-corrected chi connectivity index (χ2v) is 5.69. The summed E-state index contributed by atoms with van der Waals surface area (Å²) in [5, 5.41) is 3.00. The van der Waals surface area contributed by atoms with Crippen LogP contribution in [0.3, 0.4) is 0 Å². The number of aromatic nitrogens is 2. The van der Waals surface area contributed by atoms with Crippen LogP contribution in [0.1, 0.15) is 23.5 Å². The molecule has 0 saturated heterocycles. The molecule has 1 saturated carbocycles. The molecule has 3 aromatic rings. The monoisotopic (exact) mass is 307 g/mol. The van der Waals surface area contributed by atoms with E-state index in [4.69, 9.17) is 4.74 Å². The normalized spacial score (nSPS) is 14.0. The fourth-order valence-electron chi connectivity index (χ4n) is 2.71. The Labute approximate surface area is 133 Å². The minimum absolute atomic E-state index is 0.130. The summed E-state index contributed by atoms with van der Waals surface area (Å²) in [6, 6.07) is 13.8. The number of methoxy groups -OCH3 is 1. The first kappa shape index (κ1) is 13.8. The van der Waals surface area contributed by atoms with Crippen LogP contribution in [0.15, 0.2) is 48.7 Å². The van der Waals surface area contributed by atoms with Gasteiger partial charge in [0, 0.05) is 17.8 Å². The van der Waals surface area contributed by atoms with E-state index in [0.717, 1.165) is 35.4 Å². The van der Waals surface area contributed by atoms with Crippen LogP contribution < -0.4 is 10.1 Å². The van der Waals surface area contributed by atoms with Crippen molar-refractivity contribution in [3.8, 4) is 17.0 Å². The van der Waals surface area contributed by atoms with Gasteiger partial charge in [-0.05, 0) is 37.1 Å². The van der Waals surface area contributed by atoms with Crippen molar-refractivity contribution in [2.24, 2.45) is 0 Å². The van der Waals surface area contributed by atoms with Gasteiger partial charge in [-0.2, -0.15) is 0 Å². The minimum atomic E-state index is -0.130. The molecule has 116 valence electrons. The van der Waals surface area contributed by atoms with E-state index in [1.54, 1.807) is 7.11 Å². The number of rotatable bonds is 4. The quantitative estimate of drug-likeness (QED) is 0.806. The molecule has 5 heteroatoms. The Morgan fingerprint density at radius 1 is 1.22 bits per heavy atom. The number of hydrogen-bond donors (Lipinski definition) is 1. The zero-order valence-corrected chi connectivity index (χ0v) is 12.8. The highest BCUT2D eigenvalue weighted by molar-refractivity contribution is 5.95. The summed E-state index contributed by atoms with van der Waals surface area (Å²) in [6.45, 7) is 0. The number of carbonyl (C=O) groups excluding carboxylic acids is 1. The van der Waals surface area contributed by atoms with Gasteiger partial charge in [0.25, 0.3) is 5.91 Å². The molecule has 0 bridgehead atoms. The van der Waals surface area contributed by atoms with Crippen LogP contribution in [-0.4, -0.2) is 28.4 Å². The number of amides is 1. The molecule has 1 aliphatic carbocycles. The summed E-state index contributed by atoms with van der Waals surface area (Å²) in [6.07, 6.45) is 3.96. The maximum Gasteiger partial charge on any atom is 0.287 e. The Morgan fingerprint density at radius 2 is 2.00 bits per heavy atom. The molecule has 1 N–H and O–H groups in total. The van der Waals surface area contributed by atoms with Crippen molar-refractivity contribution in [2.45, 2.75) is 18.9 Å². The van der Waals surface area contributed by atoms with Crippen molar-refractivity contribution in [3.05, 3.63) is 54.5 Å². The molecule has 1 aliphatic rings. The SMILES string of the molecule is COc1ccccc1-c1nc(C(=O)NC2CC2)n2ccccc12. The largest absolute Gasteiger partial charge is 0.496 e. The molecule has 0 atom stereocenters. The van der Waals surface area contributed by atoms with Gasteiger partial charge in [-0.25, -0.2) is 4.98 Å². The number of pyridine rings is 1. The van der Waals surface area contributed by atoms with E-state index in [1.807, 2.05) is 53.1 Å². The molecular weight excluding hydrogens is 290 g/mol. The van der Waals surface area contributed by atoms with Crippen LogP contribution in [0.4, 0.5) is 0 Å². The van der Waals surface area contributed by atoms with Gasteiger partial charge in [0.15, 0.2) is 0 Å². The number of carbonyl (C=O) groups is 1. The second kappa shape index (κ2) is 5.43. The lowest BCUT2D eigenvalue weighted by Gasteiger charge is -2.05. The van der Waals surface area contributed by atoms with Gasteiger partial charge in [-0.1, -0.05) is 18.2 Å². The highest BCUT2D eigenvalue weighted by atomic mass is 16.5. The van der Waals surface area contributed by atoms with E-state index < -0.39 is 0 Å². The Bertz CT molecular complexity index is 881. The molecule has 1 fully saturated rings. The summed E-state index contributed by atoms with van der Waals surface area (Å²) >= 11 is 0. The lowest BCUT2D eigenvalue weighted by molar-refractivity contribution is 0.0940. The summed E-state index contributed by atoms with van der Waals surface area (Å²) in [4.78, 5) is 17.1. The average molecular weight is 307 g/mol. The number of para-hydroxylation sites is 1. The van der Waals surface area contributed by atoms with Crippen LogP contribution >= 0.6 is 0 Å². The third-order valence-electron chi connectivity index (χ3n) is 4.03. The summed E-state index contributed by atoms with van der Waals surface area (Å²) in [7, 11) is 1.64. The zero-order valence-electron chi connectivity index (χ0n) is 12.8. The van der Waals surface area contributed by atoms with E-state index in [9.17, 15) is 4.79 Å². The topological polar surface area (TPSA) is 55.6 Å². The van der Waals surface area contributed by atoms with Gasteiger partial charge < -0.3 is 10.1 Å². The molecule has 2 aromatic heterocycles. The third-order valence-corrected chi connectivity index (χ3v) is 4.03. The van der Waals surface area contributed by atoms with Crippen molar-refractivity contribution >= 4 is 11.4 Å². The molecule has 1 aromatic carbocycles. The lowest BCUT2D eigenvalue weighted by Crippen LogP contribution is -2.27. The Kier molecular flexibility index (Phi) is 3.26. The van der Waals surface area contributed by atoms with Crippen molar-refractivity contribution in [1.82, 2.24) is 14.7 Å². The van der Waals surface area contributed by atoms with Crippen LogP contribution in [0.5, 0.6) is 5.75 Å². The summed E-state index contributed by atoms with van der Waals surface area (Å²) in [5.74, 6) is 1.02. The van der Waals surface area contributed by atoms with Crippen LogP contribution in [-0.2, 0) is 0 Å². The molecule has 23 heavy (non-hydrogen) atoms. The smallest absolute Gasteiger partial charge is 0.287 e. The van der Waals surface area contributed by atoms with E-state index >= 15 is 0 Å². The van der Waals surface area contributed by atoms with E-state index in [1.165, 1.54) is 0 Å². The van der Waals surface area contributed by atoms with Gasteiger partial charge in [-0.3, -0.25) is 9.20 Å². The number of nitrogens with zero attached hydrogens (tertiary/aromatic N) is 2. The first-order chi connectivity index (χ1) is 11.3. The summed E-state index contributed by atoms with van der Waals surface area (Å²) in [5.41, 5.74) is 2.52. The first-order valence-corrected chi connectivity index (χ1v) is 7.69. The highest BCUT2D eigenvalue weighted by Crippen LogP contribution is 2.32. The van der Waals surface area contributed by atoms with E-state index in [0.29, 0.717) is 11.9 Å². The van der Waals surface area contributed by atoms with Gasteiger partial charge in [0.1, 0.15) is 11.4 Å². The molecule has 0 aliphatic heterocycles. The number of ether oxygens (including phenoxy) is 1. The lowest BCUT2D eigenvalue weighted by atomic mass is 10.1. The standard InChI is InChI=1S/C18H17N3O2/c1-23-15-8-3-2-6-13(15)16-14-7-4-5-11-21(14)17(20-16)18(22)19-12-9-10-12/h2-8,11-12H,9-10H2,1H3,(H,19,22). The zero-order chi connectivity index (χ0) is 15.8. The second-order valence-electron chi connectivity index (χ2n) is 5.69. The fourth-order valence-corrected chi connectivity index (χ4v) is 2.71. The van der Waals surface area contributed by atoms with Crippen LogP contribution in [0.2, 0.25) is 0 Å². The van der Waals surface area contributed by atoms with Crippen LogP contribution in [0.25, 0.3) is 16.8 Å². The minimum Gasteiger partial charge on any atom is -0.496 e. The average Bonchev–Trinajstić information content (AvgIpc) is 3.32. The molecule has 5 nitrogen and oxygen atoms in total. The molecule has 2 heterocycles. The van der Waals surface area contributed by atoms with Gasteiger partial charge in [-0.15, -0.1) is 0 Å². The van der Waals surface area contributed by atoms with E-state index in [-0.39, 0.29) is 5.91 Å². The third kappa shape index (κ3) is 2.44. The first-order valence-electron chi connectivity index (χ1n) is 7.69. The number of fused-ring (bicyclic) bond motifs is 1. The van der Waals surface area contributed by atoms with Gasteiger partial charge in [0.2, 0.25) is 5.82 Å². The number of hydrogen-bond acceptors (Lipinski definition) is 3. The summed E-state index contributed by atoms with van der Waals surface area (Å²) < 4.78 is 7.28. The van der Waals surface area contributed by atoms with Crippen molar-refractivity contribution in [2.75, 3.05) is 7.11 Å². The molecule has 0 spiro atoms. The Morgan fingerprint density at radius 3 is 2.78 bits per heavy atom. The molecular formula is C18H17N3O2. The number of imidazole rings is 1. The molecule has 0 unspecified atom stereocenters. The highest BCUT2D eigenvalue weighted by Gasteiger charge is 2.27. The van der Waals surface area contributed by atoms with Crippen LogP contribution in [0, 0.1) is 0 Å². The maximum atomic E-state index is 12.5. The van der Waals surface area contributed by atoms with Gasteiger partial charge >= 0.3 is 0 Å².